The molecule has 0 amide bonds. The van der Waals surface area contributed by atoms with Crippen LogP contribution in [0.2, 0.25) is 5.02 Å². The summed E-state index contributed by atoms with van der Waals surface area (Å²) in [5.74, 6) is 0.580. The van der Waals surface area contributed by atoms with Gasteiger partial charge in [-0.1, -0.05) is 17.7 Å². The Bertz CT molecular complexity index is 950. The molecule has 0 unspecified atom stereocenters. The minimum Gasteiger partial charge on any atom is -0.492 e. The molecule has 0 saturated heterocycles. The van der Waals surface area contributed by atoms with Crippen molar-refractivity contribution >= 4 is 39.6 Å². The summed E-state index contributed by atoms with van der Waals surface area (Å²) in [5, 5.41) is 14.0. The zero-order valence-corrected chi connectivity index (χ0v) is 13.8. The number of nitrogens with zero attached hydrogens (tertiary/aromatic N) is 2. The molecule has 1 heterocycles. The third-order valence-corrected chi connectivity index (χ3v) is 3.75. The van der Waals surface area contributed by atoms with E-state index >= 15 is 0 Å². The van der Waals surface area contributed by atoms with E-state index in [0.29, 0.717) is 39.8 Å². The maximum Gasteiger partial charge on any atom is 0.144 e. The first kappa shape index (κ1) is 15.9. The Morgan fingerprint density at radius 1 is 1.33 bits per heavy atom. The van der Waals surface area contributed by atoms with Gasteiger partial charge in [0.1, 0.15) is 11.8 Å². The Labute approximate surface area is 144 Å². The van der Waals surface area contributed by atoms with Crippen molar-refractivity contribution in [2.45, 2.75) is 6.92 Å². The highest BCUT2D eigenvalue weighted by molar-refractivity contribution is 6.30. The van der Waals surface area contributed by atoms with Crippen LogP contribution in [0.4, 0.5) is 17.1 Å². The minimum atomic E-state index is 0.422. The average Bonchev–Trinajstić information content (AvgIpc) is 2.56. The van der Waals surface area contributed by atoms with Gasteiger partial charge in [0.15, 0.2) is 0 Å². The number of rotatable bonds is 4. The lowest BCUT2D eigenvalue weighted by Gasteiger charge is -2.14. The summed E-state index contributed by atoms with van der Waals surface area (Å²) in [4.78, 5) is 4.33. The first-order valence-electron chi connectivity index (χ1n) is 7.40. The van der Waals surface area contributed by atoms with Gasteiger partial charge in [-0.25, -0.2) is 0 Å². The van der Waals surface area contributed by atoms with Crippen molar-refractivity contribution in [1.29, 1.82) is 5.26 Å². The van der Waals surface area contributed by atoms with Crippen LogP contribution in [0.25, 0.3) is 10.9 Å². The molecule has 0 bridgehead atoms. The summed E-state index contributed by atoms with van der Waals surface area (Å²) in [7, 11) is 0. The van der Waals surface area contributed by atoms with Gasteiger partial charge in [-0.05, 0) is 31.2 Å². The number of benzene rings is 2. The summed E-state index contributed by atoms with van der Waals surface area (Å²) in [6.07, 6.45) is 1.53. The van der Waals surface area contributed by atoms with Crippen molar-refractivity contribution in [3.05, 3.63) is 53.2 Å². The molecule has 0 fully saturated rings. The number of pyridine rings is 1. The molecule has 0 radical (unpaired) electrons. The molecule has 1 aromatic heterocycles. The second-order valence-electron chi connectivity index (χ2n) is 5.13. The maximum atomic E-state index is 9.41. The topological polar surface area (TPSA) is 84.0 Å². The van der Waals surface area contributed by atoms with Crippen molar-refractivity contribution < 1.29 is 4.74 Å². The minimum absolute atomic E-state index is 0.422. The van der Waals surface area contributed by atoms with Gasteiger partial charge in [-0.2, -0.15) is 5.26 Å². The van der Waals surface area contributed by atoms with E-state index in [0.717, 1.165) is 11.1 Å². The first-order chi connectivity index (χ1) is 11.6. The summed E-state index contributed by atoms with van der Waals surface area (Å²) >= 11 is 6.03. The number of nitrogens with two attached hydrogens (primary N) is 1. The summed E-state index contributed by atoms with van der Waals surface area (Å²) in [6.45, 7) is 2.40. The van der Waals surface area contributed by atoms with Gasteiger partial charge in [0.05, 0.1) is 29.1 Å². The third kappa shape index (κ3) is 3.05. The monoisotopic (exact) mass is 338 g/mol. The number of halogens is 1. The van der Waals surface area contributed by atoms with Gasteiger partial charge in [-0.3, -0.25) is 4.98 Å². The number of hydrogen-bond donors (Lipinski definition) is 2. The maximum absolute atomic E-state index is 9.41. The van der Waals surface area contributed by atoms with Crippen LogP contribution >= 0.6 is 11.6 Å². The highest BCUT2D eigenvalue weighted by Gasteiger charge is 2.12. The van der Waals surface area contributed by atoms with Crippen LogP contribution in [0, 0.1) is 11.3 Å². The van der Waals surface area contributed by atoms with Gasteiger partial charge in [0, 0.05) is 28.4 Å². The molecule has 2 aromatic carbocycles. The fraction of sp³-hybridized carbons (Fsp3) is 0.111. The molecule has 0 spiro atoms. The molecule has 0 saturated carbocycles. The lowest BCUT2D eigenvalue weighted by atomic mass is 10.1. The fourth-order valence-electron chi connectivity index (χ4n) is 2.45. The molecule has 5 nitrogen and oxygen atoms in total. The Morgan fingerprint density at radius 2 is 2.17 bits per heavy atom. The van der Waals surface area contributed by atoms with Crippen LogP contribution in [-0.2, 0) is 0 Å². The summed E-state index contributed by atoms with van der Waals surface area (Å²) in [6, 6.07) is 13.0. The fourth-order valence-corrected chi connectivity index (χ4v) is 2.64. The number of ether oxygens (including phenoxy) is 1. The van der Waals surface area contributed by atoms with Crippen LogP contribution in [0.1, 0.15) is 12.5 Å². The van der Waals surface area contributed by atoms with E-state index in [-0.39, 0.29) is 0 Å². The van der Waals surface area contributed by atoms with Crippen molar-refractivity contribution in [3.63, 3.8) is 0 Å². The molecular weight excluding hydrogens is 324 g/mol. The molecule has 24 heavy (non-hydrogen) atoms. The number of nitrogen functional groups attached to an aromatic ring is 1. The molecule has 0 aliphatic heterocycles. The summed E-state index contributed by atoms with van der Waals surface area (Å²) < 4.78 is 5.51. The number of hydrogen-bond acceptors (Lipinski definition) is 5. The Kier molecular flexibility index (Phi) is 4.41. The third-order valence-electron chi connectivity index (χ3n) is 3.51. The Morgan fingerprint density at radius 3 is 2.88 bits per heavy atom. The second-order valence-corrected chi connectivity index (χ2v) is 5.57. The molecule has 3 rings (SSSR count). The first-order valence-corrected chi connectivity index (χ1v) is 7.78. The predicted octanol–water partition coefficient (Wildman–Crippen LogP) is 4.48. The van der Waals surface area contributed by atoms with Gasteiger partial charge < -0.3 is 15.8 Å². The van der Waals surface area contributed by atoms with E-state index in [9.17, 15) is 5.26 Å². The van der Waals surface area contributed by atoms with E-state index in [1.807, 2.05) is 19.1 Å². The average molecular weight is 339 g/mol. The van der Waals surface area contributed by atoms with Gasteiger partial charge in [-0.15, -0.1) is 0 Å². The molecule has 3 aromatic rings. The number of nitriles is 1. The van der Waals surface area contributed by atoms with E-state index in [1.165, 1.54) is 6.20 Å². The highest BCUT2D eigenvalue weighted by Crippen LogP contribution is 2.34. The van der Waals surface area contributed by atoms with Crippen LogP contribution in [0.3, 0.4) is 0 Å². The van der Waals surface area contributed by atoms with Crippen LogP contribution in [0.15, 0.2) is 42.6 Å². The number of anilines is 3. The largest absolute Gasteiger partial charge is 0.492 e. The molecule has 3 N–H and O–H groups in total. The van der Waals surface area contributed by atoms with E-state index < -0.39 is 0 Å². The van der Waals surface area contributed by atoms with Crippen LogP contribution in [-0.4, -0.2) is 11.6 Å². The summed E-state index contributed by atoms with van der Waals surface area (Å²) in [5.41, 5.74) is 9.09. The normalized spacial score (nSPS) is 10.4. The van der Waals surface area contributed by atoms with Gasteiger partial charge >= 0.3 is 0 Å². The zero-order chi connectivity index (χ0) is 17.1. The standard InChI is InChI=1S/C18H15ClN4O/c1-2-24-17-8-16-14(7-15(17)21)18(11(9-20)10-22-16)23-13-5-3-4-12(19)6-13/h3-8,10H,2,21H2,1H3,(H,22,23). The van der Waals surface area contributed by atoms with Crippen molar-refractivity contribution in [2.24, 2.45) is 0 Å². The molecular formula is C18H15ClN4O. The van der Waals surface area contributed by atoms with Crippen molar-refractivity contribution in [2.75, 3.05) is 17.7 Å². The smallest absolute Gasteiger partial charge is 0.144 e. The van der Waals surface area contributed by atoms with Crippen molar-refractivity contribution in [1.82, 2.24) is 4.98 Å². The Hall–Kier alpha value is -2.97. The van der Waals surface area contributed by atoms with Crippen LogP contribution < -0.4 is 15.8 Å². The van der Waals surface area contributed by atoms with E-state index in [4.69, 9.17) is 22.1 Å². The Balaban J connectivity index is 2.17. The number of aromatic nitrogens is 1. The SMILES string of the molecule is CCOc1cc2ncc(C#N)c(Nc3cccc(Cl)c3)c2cc1N. The zero-order valence-electron chi connectivity index (χ0n) is 13.0. The lowest BCUT2D eigenvalue weighted by molar-refractivity contribution is 0.342. The van der Waals surface area contributed by atoms with Gasteiger partial charge in [0.2, 0.25) is 0 Å². The lowest BCUT2D eigenvalue weighted by Crippen LogP contribution is -2.00. The number of nitrogens with one attached hydrogen (secondary N) is 1. The highest BCUT2D eigenvalue weighted by atomic mass is 35.5. The van der Waals surface area contributed by atoms with Crippen LogP contribution in [0.5, 0.6) is 5.75 Å². The number of fused-ring (bicyclic) bond motifs is 1. The van der Waals surface area contributed by atoms with Gasteiger partial charge in [0.25, 0.3) is 0 Å². The molecule has 6 heteroatoms. The second kappa shape index (κ2) is 6.65. The molecule has 0 atom stereocenters. The quantitative estimate of drug-likeness (QED) is 0.685. The molecule has 120 valence electrons. The molecule has 0 aliphatic rings. The van der Waals surface area contributed by atoms with E-state index in [2.05, 4.69) is 16.4 Å². The predicted molar refractivity (Wildman–Crippen MR) is 96.8 cm³/mol. The molecule has 0 aliphatic carbocycles. The van der Waals surface area contributed by atoms with E-state index in [1.54, 1.807) is 24.3 Å². The van der Waals surface area contributed by atoms with Crippen molar-refractivity contribution in [3.8, 4) is 11.8 Å².